The second-order valence-corrected chi connectivity index (χ2v) is 22.6. The maximum atomic E-state index is 9.66. The summed E-state index contributed by atoms with van der Waals surface area (Å²) in [5.41, 5.74) is 6.00. The summed E-state index contributed by atoms with van der Waals surface area (Å²) < 4.78 is 0. The molecule has 0 unspecified atom stereocenters. The van der Waals surface area contributed by atoms with Gasteiger partial charge in [0.2, 0.25) is 0 Å². The van der Waals surface area contributed by atoms with Crippen LogP contribution >= 0.6 is 0 Å². The first-order chi connectivity index (χ1) is 34.9. The van der Waals surface area contributed by atoms with E-state index in [1.54, 1.807) is 42.5 Å². The molecule has 0 saturated heterocycles. The van der Waals surface area contributed by atoms with Gasteiger partial charge >= 0.3 is 0 Å². The third kappa shape index (κ3) is 12.1. The fourth-order valence-corrected chi connectivity index (χ4v) is 9.02. The highest BCUT2D eigenvalue weighted by molar-refractivity contribution is 6.00. The van der Waals surface area contributed by atoms with Gasteiger partial charge in [-0.2, -0.15) is 0 Å². The van der Waals surface area contributed by atoms with Crippen LogP contribution in [0.2, 0.25) is 0 Å². The first-order valence-electron chi connectivity index (χ1n) is 26.1. The summed E-state index contributed by atoms with van der Waals surface area (Å²) in [6, 6.07) is 51.8. The van der Waals surface area contributed by atoms with Gasteiger partial charge in [-0.3, -0.25) is 0 Å². The fourth-order valence-electron chi connectivity index (χ4n) is 9.02. The molecule has 0 radical (unpaired) electrons. The molecule has 0 fully saturated rings. The number of hydrogen-bond acceptors (Lipinski definition) is 6. The van der Waals surface area contributed by atoms with Crippen LogP contribution in [0, 0.1) is 0 Å². The zero-order valence-electron chi connectivity index (χ0n) is 45.5. The van der Waals surface area contributed by atoms with E-state index in [1.165, 1.54) is 43.8 Å². The van der Waals surface area contributed by atoms with E-state index < -0.39 is 0 Å². The second-order valence-electron chi connectivity index (χ2n) is 22.6. The molecule has 74 heavy (non-hydrogen) atoms. The summed E-state index contributed by atoms with van der Waals surface area (Å²) in [6.07, 6.45) is 4.39. The van der Waals surface area contributed by atoms with Crippen molar-refractivity contribution in [2.24, 2.45) is 0 Å². The van der Waals surface area contributed by atoms with E-state index in [0.717, 1.165) is 68.8 Å². The quantitative estimate of drug-likeness (QED) is 0.0666. The van der Waals surface area contributed by atoms with Crippen LogP contribution in [0.5, 0.6) is 34.5 Å². The Labute approximate surface area is 438 Å². The van der Waals surface area contributed by atoms with Crippen molar-refractivity contribution < 1.29 is 30.6 Å². The smallest absolute Gasteiger partial charge is 0.158 e. The number of aromatic hydroxyl groups is 6. The molecule has 0 amide bonds. The van der Waals surface area contributed by atoms with Crippen LogP contribution in [-0.2, 0) is 21.7 Å². The van der Waals surface area contributed by atoms with Crippen molar-refractivity contribution in [3.63, 3.8) is 0 Å². The van der Waals surface area contributed by atoms with Crippen LogP contribution in [-0.4, -0.2) is 30.6 Å². The van der Waals surface area contributed by atoms with Crippen LogP contribution in [0.25, 0.3) is 64.6 Å². The predicted molar refractivity (Wildman–Crippen MR) is 314 cm³/mol. The normalized spacial score (nSPS) is 12.1. The van der Waals surface area contributed by atoms with Gasteiger partial charge in [-0.15, -0.1) is 0 Å². The van der Waals surface area contributed by atoms with E-state index in [0.29, 0.717) is 11.5 Å². The number of phenols is 6. The molecule has 6 N–H and O–H groups in total. The van der Waals surface area contributed by atoms with Crippen molar-refractivity contribution in [3.05, 3.63) is 180 Å². The highest BCUT2D eigenvalue weighted by Gasteiger charge is 2.21. The molecular formula is C68H76O6. The maximum Gasteiger partial charge on any atom is 0.158 e. The predicted octanol–water partition coefficient (Wildman–Crippen LogP) is 18.6. The van der Waals surface area contributed by atoms with Crippen LogP contribution in [0.1, 0.15) is 131 Å². The van der Waals surface area contributed by atoms with E-state index in [1.807, 2.05) is 30.3 Å². The Morgan fingerprint density at radius 3 is 0.743 bits per heavy atom. The summed E-state index contributed by atoms with van der Waals surface area (Å²) in [5, 5.41) is 70.3. The largest absolute Gasteiger partial charge is 0.508 e. The van der Waals surface area contributed by atoms with Gasteiger partial charge in [0.15, 0.2) is 23.0 Å². The zero-order chi connectivity index (χ0) is 53.9. The molecule has 6 nitrogen and oxygen atoms in total. The minimum Gasteiger partial charge on any atom is -0.508 e. The van der Waals surface area contributed by atoms with Gasteiger partial charge in [0, 0.05) is 0 Å². The van der Waals surface area contributed by atoms with E-state index in [9.17, 15) is 30.6 Å². The Balaban J connectivity index is 0.000000145. The first kappa shape index (κ1) is 54.3. The van der Waals surface area contributed by atoms with Gasteiger partial charge in [-0.05, 0) is 207 Å². The molecule has 10 rings (SSSR count). The number of hydrogen-bond donors (Lipinski definition) is 6. The lowest BCUT2D eigenvalue weighted by molar-refractivity contribution is 0.405. The van der Waals surface area contributed by atoms with Crippen molar-refractivity contribution in [3.8, 4) is 34.5 Å². The van der Waals surface area contributed by atoms with Crippen molar-refractivity contribution in [1.29, 1.82) is 0 Å². The van der Waals surface area contributed by atoms with E-state index in [4.69, 9.17) is 0 Å². The molecule has 0 heterocycles. The van der Waals surface area contributed by atoms with Gasteiger partial charge in [-0.1, -0.05) is 168 Å². The molecule has 0 aliphatic rings. The average Bonchev–Trinajstić information content (AvgIpc) is 3.38. The van der Waals surface area contributed by atoms with E-state index in [2.05, 4.69) is 168 Å². The number of fused-ring (bicyclic) bond motifs is 6. The molecule has 0 atom stereocenters. The SMILES string of the molecule is CCC(C)(C)c1ccc2cc(O)c(O)cc2c1.CCC(C)(C)c1ccc2cc(O)ccc2c1.CCC(C)(C)c1ccc2cc3cc(O)c(O)cc3cc2c1.CCC(C)(C)c1ccc2cc3cc(O)ccc3cc2c1. The molecule has 10 aromatic carbocycles. The molecule has 0 aliphatic carbocycles. The number of benzene rings is 10. The Morgan fingerprint density at radius 1 is 0.230 bits per heavy atom. The fraction of sp³-hybridized carbons (Fsp3) is 0.294. The Kier molecular flexibility index (Phi) is 15.8. The monoisotopic (exact) mass is 989 g/mol. The summed E-state index contributed by atoms with van der Waals surface area (Å²) >= 11 is 0. The molecule has 0 bridgehead atoms. The minimum absolute atomic E-state index is 0.0658. The lowest BCUT2D eigenvalue weighted by Crippen LogP contribution is -2.15. The van der Waals surface area contributed by atoms with Gasteiger partial charge in [-0.25, -0.2) is 0 Å². The summed E-state index contributed by atoms with van der Waals surface area (Å²) in [6.45, 7) is 26.8. The second kappa shape index (κ2) is 21.6. The number of rotatable bonds is 8. The lowest BCUT2D eigenvalue weighted by atomic mass is 9.81. The standard InChI is InChI=1S/C19H20O2.C19H20O.C15H18O2.C15H18O/c1-4-19(2,3)16-6-5-12-7-14-10-17(20)18(21)11-15(14)8-13(12)9-16;1-4-19(2,3)17-7-5-13-10-16-12-18(20)8-6-14(16)9-15(13)11-17;1-4-15(2,3)12-6-5-10-8-13(16)14(17)9-11(10)7-12;1-4-15(2,3)13-7-5-12-10-14(16)8-6-11(12)9-13/h5-11,20-21H,4H2,1-3H3;5-12,20H,4H2,1-3H3;5-9,16-17H,4H2,1-3H3;5-10,16H,4H2,1-3H3. The topological polar surface area (TPSA) is 121 Å². The Bertz CT molecular complexity index is 3640. The van der Waals surface area contributed by atoms with Gasteiger partial charge in [0.1, 0.15) is 11.5 Å². The molecule has 0 aliphatic heterocycles. The van der Waals surface area contributed by atoms with Crippen molar-refractivity contribution in [2.75, 3.05) is 0 Å². The highest BCUT2D eigenvalue weighted by atomic mass is 16.3. The van der Waals surface area contributed by atoms with Crippen molar-refractivity contribution >= 4 is 64.6 Å². The minimum atomic E-state index is -0.0782. The Morgan fingerprint density at radius 2 is 0.419 bits per heavy atom. The highest BCUT2D eigenvalue weighted by Crippen LogP contribution is 2.38. The van der Waals surface area contributed by atoms with Crippen molar-refractivity contribution in [1.82, 2.24) is 0 Å². The third-order valence-corrected chi connectivity index (χ3v) is 16.1. The zero-order valence-corrected chi connectivity index (χ0v) is 45.5. The van der Waals surface area contributed by atoms with E-state index >= 15 is 0 Å². The number of phenolic OH excluding ortho intramolecular Hbond substituents is 6. The third-order valence-electron chi connectivity index (χ3n) is 16.1. The van der Waals surface area contributed by atoms with Crippen LogP contribution in [0.3, 0.4) is 0 Å². The molecule has 0 aromatic heterocycles. The van der Waals surface area contributed by atoms with Gasteiger partial charge in [0.25, 0.3) is 0 Å². The molecule has 0 spiro atoms. The summed E-state index contributed by atoms with van der Waals surface area (Å²) in [5.74, 6) is 0.358. The van der Waals surface area contributed by atoms with Gasteiger partial charge < -0.3 is 30.6 Å². The molecule has 0 saturated carbocycles. The maximum absolute atomic E-state index is 9.66. The lowest BCUT2D eigenvalue weighted by Gasteiger charge is -2.23. The average molecular weight is 989 g/mol. The summed E-state index contributed by atoms with van der Waals surface area (Å²) in [4.78, 5) is 0. The first-order valence-corrected chi connectivity index (χ1v) is 26.1. The molecule has 384 valence electrons. The molecular weight excluding hydrogens is 913 g/mol. The molecule has 10 aromatic rings. The summed E-state index contributed by atoms with van der Waals surface area (Å²) in [7, 11) is 0. The Hall–Kier alpha value is -7.44. The van der Waals surface area contributed by atoms with Crippen molar-refractivity contribution in [2.45, 2.75) is 130 Å². The molecule has 6 heteroatoms. The van der Waals surface area contributed by atoms with E-state index in [-0.39, 0.29) is 44.7 Å². The van der Waals surface area contributed by atoms with Crippen LogP contribution in [0.4, 0.5) is 0 Å². The van der Waals surface area contributed by atoms with Crippen LogP contribution in [0.15, 0.2) is 158 Å². The van der Waals surface area contributed by atoms with Gasteiger partial charge in [0.05, 0.1) is 0 Å². The van der Waals surface area contributed by atoms with Crippen LogP contribution < -0.4 is 0 Å².